The molecule has 2 saturated heterocycles. The normalized spacial score (nSPS) is 34.1. The van der Waals surface area contributed by atoms with Crippen molar-refractivity contribution < 1.29 is 9.53 Å². The molecule has 0 spiro atoms. The molecule has 2 heterocycles. The van der Waals surface area contributed by atoms with Gasteiger partial charge in [0.2, 0.25) is 0 Å². The second kappa shape index (κ2) is 4.34. The van der Waals surface area contributed by atoms with Crippen LogP contribution in [-0.4, -0.2) is 41.6 Å². The third-order valence-electron chi connectivity index (χ3n) is 3.75. The Hall–Kier alpha value is -0.610. The fourth-order valence-electron chi connectivity index (χ4n) is 2.58. The van der Waals surface area contributed by atoms with E-state index in [1.54, 1.807) is 0 Å². The summed E-state index contributed by atoms with van der Waals surface area (Å²) in [4.78, 5) is 14.2. The smallest absolute Gasteiger partial charge is 0.252 e. The maximum absolute atomic E-state index is 12.3. The lowest BCUT2D eigenvalue weighted by Gasteiger charge is -2.45. The van der Waals surface area contributed by atoms with E-state index in [0.29, 0.717) is 6.54 Å². The van der Waals surface area contributed by atoms with Crippen molar-refractivity contribution in [3.8, 4) is 0 Å². The average Bonchev–Trinajstić information content (AvgIpc) is 2.74. The number of rotatable bonds is 1. The predicted molar refractivity (Wildman–Crippen MR) is 62.0 cm³/mol. The van der Waals surface area contributed by atoms with Crippen LogP contribution in [0.3, 0.4) is 0 Å². The molecule has 1 amide bonds. The van der Waals surface area contributed by atoms with Gasteiger partial charge < -0.3 is 15.4 Å². The van der Waals surface area contributed by atoms with Crippen molar-refractivity contribution in [3.63, 3.8) is 0 Å². The van der Waals surface area contributed by atoms with Crippen molar-refractivity contribution in [2.24, 2.45) is 5.73 Å². The summed E-state index contributed by atoms with van der Waals surface area (Å²) in [5, 5.41) is 0. The Labute approximate surface area is 97.1 Å². The van der Waals surface area contributed by atoms with Crippen LogP contribution in [0.2, 0.25) is 0 Å². The fourth-order valence-corrected chi connectivity index (χ4v) is 2.58. The van der Waals surface area contributed by atoms with Gasteiger partial charge in [-0.2, -0.15) is 0 Å². The Morgan fingerprint density at radius 3 is 2.81 bits per heavy atom. The third kappa shape index (κ3) is 2.23. The highest BCUT2D eigenvalue weighted by Gasteiger charge is 2.39. The van der Waals surface area contributed by atoms with Gasteiger partial charge in [0.15, 0.2) is 0 Å². The molecule has 0 aromatic rings. The standard InChI is InChI=1S/C12H22N2O2/c1-12(2)6-5-9(13)8-14(12)11(15)10-4-3-7-16-10/h9-10H,3-8,13H2,1-2H3. The largest absolute Gasteiger partial charge is 0.368 e. The summed E-state index contributed by atoms with van der Waals surface area (Å²) in [6, 6.07) is 0.123. The van der Waals surface area contributed by atoms with Gasteiger partial charge in [0.05, 0.1) is 0 Å². The van der Waals surface area contributed by atoms with E-state index < -0.39 is 0 Å². The first kappa shape index (κ1) is 11.9. The van der Waals surface area contributed by atoms with Gasteiger partial charge in [-0.25, -0.2) is 0 Å². The van der Waals surface area contributed by atoms with Gasteiger partial charge in [-0.3, -0.25) is 4.79 Å². The van der Waals surface area contributed by atoms with Gasteiger partial charge in [0.1, 0.15) is 6.10 Å². The van der Waals surface area contributed by atoms with Crippen LogP contribution in [0.4, 0.5) is 0 Å². The summed E-state index contributed by atoms with van der Waals surface area (Å²) in [7, 11) is 0. The molecule has 4 nitrogen and oxygen atoms in total. The molecule has 2 N–H and O–H groups in total. The van der Waals surface area contributed by atoms with Gasteiger partial charge in [-0.05, 0) is 39.5 Å². The molecular weight excluding hydrogens is 204 g/mol. The molecule has 0 radical (unpaired) electrons. The van der Waals surface area contributed by atoms with E-state index in [-0.39, 0.29) is 23.6 Å². The molecule has 2 rings (SSSR count). The molecule has 2 aliphatic heterocycles. The quantitative estimate of drug-likeness (QED) is 0.722. The molecule has 2 fully saturated rings. The lowest BCUT2D eigenvalue weighted by molar-refractivity contribution is -0.148. The zero-order chi connectivity index (χ0) is 11.8. The molecule has 0 saturated carbocycles. The lowest BCUT2D eigenvalue weighted by Crippen LogP contribution is -2.58. The van der Waals surface area contributed by atoms with E-state index in [9.17, 15) is 4.79 Å². The summed E-state index contributed by atoms with van der Waals surface area (Å²) >= 11 is 0. The number of hydrogen-bond acceptors (Lipinski definition) is 3. The molecule has 0 bridgehead atoms. The molecule has 4 heteroatoms. The second-order valence-electron chi connectivity index (χ2n) is 5.56. The van der Waals surface area contributed by atoms with Crippen LogP contribution in [0.5, 0.6) is 0 Å². The molecule has 92 valence electrons. The average molecular weight is 226 g/mol. The Bertz CT molecular complexity index is 272. The van der Waals surface area contributed by atoms with E-state index in [1.165, 1.54) is 0 Å². The molecule has 0 aromatic heterocycles. The van der Waals surface area contributed by atoms with Crippen LogP contribution in [0.15, 0.2) is 0 Å². The Balaban J connectivity index is 2.07. The first-order valence-electron chi connectivity index (χ1n) is 6.19. The van der Waals surface area contributed by atoms with E-state index in [4.69, 9.17) is 10.5 Å². The topological polar surface area (TPSA) is 55.6 Å². The zero-order valence-corrected chi connectivity index (χ0v) is 10.2. The molecule has 2 unspecified atom stereocenters. The number of nitrogens with zero attached hydrogens (tertiary/aromatic N) is 1. The number of piperidine rings is 1. The van der Waals surface area contributed by atoms with E-state index in [0.717, 1.165) is 32.3 Å². The van der Waals surface area contributed by atoms with Crippen molar-refractivity contribution in [2.75, 3.05) is 13.2 Å². The SMILES string of the molecule is CC1(C)CCC(N)CN1C(=O)C1CCCO1. The fraction of sp³-hybridized carbons (Fsp3) is 0.917. The third-order valence-corrected chi connectivity index (χ3v) is 3.75. The number of hydrogen-bond donors (Lipinski definition) is 1. The van der Waals surface area contributed by atoms with Crippen molar-refractivity contribution in [2.45, 2.75) is 57.2 Å². The van der Waals surface area contributed by atoms with Crippen LogP contribution in [0, 0.1) is 0 Å². The van der Waals surface area contributed by atoms with Gasteiger partial charge in [0, 0.05) is 24.7 Å². The minimum Gasteiger partial charge on any atom is -0.368 e. The van der Waals surface area contributed by atoms with Gasteiger partial charge in [-0.1, -0.05) is 0 Å². The molecule has 2 aliphatic rings. The Morgan fingerprint density at radius 1 is 1.44 bits per heavy atom. The maximum Gasteiger partial charge on any atom is 0.252 e. The summed E-state index contributed by atoms with van der Waals surface area (Å²) in [6.45, 7) is 5.62. The van der Waals surface area contributed by atoms with Crippen molar-refractivity contribution in [1.82, 2.24) is 4.90 Å². The van der Waals surface area contributed by atoms with Crippen molar-refractivity contribution >= 4 is 5.91 Å². The number of carbonyl (C=O) groups is 1. The second-order valence-corrected chi connectivity index (χ2v) is 5.56. The van der Waals surface area contributed by atoms with Crippen LogP contribution in [-0.2, 0) is 9.53 Å². The number of carbonyl (C=O) groups excluding carboxylic acids is 1. The minimum atomic E-state index is -0.218. The van der Waals surface area contributed by atoms with Crippen molar-refractivity contribution in [3.05, 3.63) is 0 Å². The van der Waals surface area contributed by atoms with E-state index >= 15 is 0 Å². The number of likely N-dealkylation sites (tertiary alicyclic amines) is 1. The molecule has 16 heavy (non-hydrogen) atoms. The highest BCUT2D eigenvalue weighted by molar-refractivity contribution is 5.82. The monoisotopic (exact) mass is 226 g/mol. The minimum absolute atomic E-state index is 0.0705. The molecule has 2 atom stereocenters. The number of amides is 1. The van der Waals surface area contributed by atoms with Crippen LogP contribution < -0.4 is 5.73 Å². The van der Waals surface area contributed by atoms with E-state index in [2.05, 4.69) is 13.8 Å². The van der Waals surface area contributed by atoms with Gasteiger partial charge in [-0.15, -0.1) is 0 Å². The summed E-state index contributed by atoms with van der Waals surface area (Å²) < 4.78 is 5.46. The molecular formula is C12H22N2O2. The highest BCUT2D eigenvalue weighted by Crippen LogP contribution is 2.29. The summed E-state index contributed by atoms with van der Waals surface area (Å²) in [5.41, 5.74) is 5.88. The number of ether oxygens (including phenoxy) is 1. The molecule has 0 aliphatic carbocycles. The lowest BCUT2D eigenvalue weighted by atomic mass is 9.88. The zero-order valence-electron chi connectivity index (χ0n) is 10.2. The van der Waals surface area contributed by atoms with E-state index in [1.807, 2.05) is 4.90 Å². The Kier molecular flexibility index (Phi) is 3.22. The van der Waals surface area contributed by atoms with Crippen LogP contribution in [0.1, 0.15) is 39.5 Å². The van der Waals surface area contributed by atoms with Gasteiger partial charge >= 0.3 is 0 Å². The maximum atomic E-state index is 12.3. The first-order valence-corrected chi connectivity index (χ1v) is 6.19. The summed E-state index contributed by atoms with van der Waals surface area (Å²) in [5.74, 6) is 0.137. The van der Waals surface area contributed by atoms with Crippen molar-refractivity contribution in [1.29, 1.82) is 0 Å². The number of nitrogens with two attached hydrogens (primary N) is 1. The predicted octanol–water partition coefficient (Wildman–Crippen LogP) is 0.894. The Morgan fingerprint density at radius 2 is 2.19 bits per heavy atom. The molecule has 0 aromatic carbocycles. The van der Waals surface area contributed by atoms with Crippen LogP contribution in [0.25, 0.3) is 0 Å². The summed E-state index contributed by atoms with van der Waals surface area (Å²) in [6.07, 6.45) is 3.62. The highest BCUT2D eigenvalue weighted by atomic mass is 16.5. The van der Waals surface area contributed by atoms with Gasteiger partial charge in [0.25, 0.3) is 5.91 Å². The first-order chi connectivity index (χ1) is 7.50. The van der Waals surface area contributed by atoms with Crippen LogP contribution >= 0.6 is 0 Å².